The van der Waals surface area contributed by atoms with Crippen LogP contribution >= 0.6 is 0 Å². The van der Waals surface area contributed by atoms with Gasteiger partial charge in [0.25, 0.3) is 0 Å². The number of Topliss-reactive ketones (excluding diaryl/α,β-unsaturated/α-hetero) is 1. The van der Waals surface area contributed by atoms with Crippen LogP contribution in [0.4, 0.5) is 10.2 Å². The van der Waals surface area contributed by atoms with Gasteiger partial charge < -0.3 is 14.5 Å². The predicted octanol–water partition coefficient (Wildman–Crippen LogP) is 4.58. The predicted molar refractivity (Wildman–Crippen MR) is 145 cm³/mol. The Bertz CT molecular complexity index is 1100. The van der Waals surface area contributed by atoms with Crippen molar-refractivity contribution in [3.63, 3.8) is 0 Å². The normalized spacial score (nSPS) is 24.5. The molecule has 37 heavy (non-hydrogen) atoms. The maximum atomic E-state index is 13.9. The minimum absolute atomic E-state index is 0.134. The second-order valence-corrected chi connectivity index (χ2v) is 11.2. The van der Waals surface area contributed by atoms with Crippen LogP contribution in [0.1, 0.15) is 50.4 Å². The molecule has 7 heteroatoms. The van der Waals surface area contributed by atoms with E-state index in [1.165, 1.54) is 31.4 Å². The van der Waals surface area contributed by atoms with E-state index in [1.54, 1.807) is 0 Å². The molecule has 0 radical (unpaired) electrons. The number of halogens is 1. The molecular weight excluding hydrogens is 467 g/mol. The summed E-state index contributed by atoms with van der Waals surface area (Å²) in [6.45, 7) is 11.8. The van der Waals surface area contributed by atoms with Crippen LogP contribution in [-0.2, 0) is 9.53 Å². The van der Waals surface area contributed by atoms with Crippen molar-refractivity contribution in [2.45, 2.75) is 39.2 Å². The molecule has 1 atom stereocenters. The number of hydrogen-bond donors (Lipinski definition) is 0. The van der Waals surface area contributed by atoms with Gasteiger partial charge in [-0.25, -0.2) is 9.37 Å². The van der Waals surface area contributed by atoms with E-state index in [0.29, 0.717) is 19.8 Å². The molecule has 0 N–H and O–H groups in total. The van der Waals surface area contributed by atoms with Gasteiger partial charge in [-0.3, -0.25) is 9.69 Å². The van der Waals surface area contributed by atoms with Crippen molar-refractivity contribution in [1.82, 2.24) is 14.8 Å². The maximum Gasteiger partial charge on any atom is 0.167 e. The standard InChI is InChI=1S/C30H39FN4O2/c1-30(2)22-35(16-15-33-13-4-3-5-14-33)28(23-9-11-24(31)12-10-23)26(29(30)36)21-25-7-6-8-27(32-25)34-17-19-37-20-18-34/h6-12,21,28H,3-5,13-20,22H2,1-2H3. The fourth-order valence-corrected chi connectivity index (χ4v) is 5.87. The molecule has 3 aliphatic rings. The fourth-order valence-electron chi connectivity index (χ4n) is 5.87. The van der Waals surface area contributed by atoms with E-state index in [-0.39, 0.29) is 17.6 Å². The number of morpholine rings is 1. The van der Waals surface area contributed by atoms with Gasteiger partial charge in [-0.05, 0) is 61.8 Å². The summed E-state index contributed by atoms with van der Waals surface area (Å²) in [6, 6.07) is 12.4. The van der Waals surface area contributed by atoms with Crippen LogP contribution in [0, 0.1) is 11.2 Å². The molecule has 1 aromatic heterocycles. The molecule has 0 amide bonds. The van der Waals surface area contributed by atoms with Gasteiger partial charge in [-0.2, -0.15) is 0 Å². The first-order chi connectivity index (χ1) is 17.9. The number of benzene rings is 1. The number of rotatable bonds is 6. The third-order valence-electron chi connectivity index (χ3n) is 7.87. The molecule has 1 aromatic carbocycles. The van der Waals surface area contributed by atoms with Crippen LogP contribution in [0.2, 0.25) is 0 Å². The number of carbonyl (C=O) groups excluding carboxylic acids is 1. The molecular formula is C30H39FN4O2. The van der Waals surface area contributed by atoms with E-state index in [2.05, 4.69) is 14.7 Å². The van der Waals surface area contributed by atoms with Crippen molar-refractivity contribution in [3.05, 3.63) is 65.1 Å². The average molecular weight is 507 g/mol. The smallest absolute Gasteiger partial charge is 0.167 e. The molecule has 5 rings (SSSR count). The van der Waals surface area contributed by atoms with Gasteiger partial charge in [-0.15, -0.1) is 0 Å². The Labute approximate surface area is 220 Å². The second kappa shape index (κ2) is 11.4. The molecule has 1 unspecified atom stereocenters. The lowest BCUT2D eigenvalue weighted by Crippen LogP contribution is -2.51. The zero-order valence-electron chi connectivity index (χ0n) is 22.2. The summed E-state index contributed by atoms with van der Waals surface area (Å²) >= 11 is 0. The highest BCUT2D eigenvalue weighted by molar-refractivity contribution is 6.05. The summed E-state index contributed by atoms with van der Waals surface area (Å²) in [7, 11) is 0. The molecule has 4 heterocycles. The molecule has 0 bridgehead atoms. The number of carbonyl (C=O) groups is 1. The lowest BCUT2D eigenvalue weighted by atomic mass is 9.74. The third-order valence-corrected chi connectivity index (χ3v) is 7.87. The molecule has 3 fully saturated rings. The van der Waals surface area contributed by atoms with Crippen LogP contribution in [-0.4, -0.2) is 79.6 Å². The molecule has 2 aromatic rings. The van der Waals surface area contributed by atoms with Crippen LogP contribution < -0.4 is 4.90 Å². The summed E-state index contributed by atoms with van der Waals surface area (Å²) in [5.74, 6) is 0.770. The maximum absolute atomic E-state index is 13.9. The van der Waals surface area contributed by atoms with Crippen molar-refractivity contribution in [2.24, 2.45) is 5.41 Å². The van der Waals surface area contributed by atoms with E-state index in [1.807, 2.05) is 50.3 Å². The third kappa shape index (κ3) is 6.11. The molecule has 3 aliphatic heterocycles. The van der Waals surface area contributed by atoms with Gasteiger partial charge >= 0.3 is 0 Å². The van der Waals surface area contributed by atoms with Crippen molar-refractivity contribution >= 4 is 17.7 Å². The summed E-state index contributed by atoms with van der Waals surface area (Å²) in [5, 5.41) is 0. The Hall–Kier alpha value is -2.61. The van der Waals surface area contributed by atoms with Gasteiger partial charge in [0.2, 0.25) is 0 Å². The van der Waals surface area contributed by atoms with E-state index in [0.717, 1.165) is 61.9 Å². The number of ketones is 1. The Morgan fingerprint density at radius 2 is 1.73 bits per heavy atom. The van der Waals surface area contributed by atoms with Gasteiger partial charge in [0.1, 0.15) is 11.6 Å². The summed E-state index contributed by atoms with van der Waals surface area (Å²) in [4.78, 5) is 26.0. The van der Waals surface area contributed by atoms with Crippen LogP contribution in [0.25, 0.3) is 6.08 Å². The Kier molecular flexibility index (Phi) is 8.03. The molecule has 0 saturated carbocycles. The van der Waals surface area contributed by atoms with Crippen molar-refractivity contribution in [2.75, 3.05) is 63.9 Å². The van der Waals surface area contributed by atoms with Crippen molar-refractivity contribution in [3.8, 4) is 0 Å². The van der Waals surface area contributed by atoms with Crippen LogP contribution in [0.3, 0.4) is 0 Å². The van der Waals surface area contributed by atoms with E-state index in [9.17, 15) is 9.18 Å². The second-order valence-electron chi connectivity index (χ2n) is 11.2. The number of ether oxygens (including phenoxy) is 1. The molecule has 0 spiro atoms. The first-order valence-corrected chi connectivity index (χ1v) is 13.7. The first kappa shape index (κ1) is 26.0. The molecule has 198 valence electrons. The Morgan fingerprint density at radius 3 is 2.46 bits per heavy atom. The molecule has 6 nitrogen and oxygen atoms in total. The monoisotopic (exact) mass is 506 g/mol. The minimum Gasteiger partial charge on any atom is -0.378 e. The lowest BCUT2D eigenvalue weighted by molar-refractivity contribution is -0.128. The zero-order valence-corrected chi connectivity index (χ0v) is 22.2. The zero-order chi connectivity index (χ0) is 25.8. The van der Waals surface area contributed by atoms with E-state index in [4.69, 9.17) is 9.72 Å². The topological polar surface area (TPSA) is 48.9 Å². The number of piperidine rings is 2. The number of aromatic nitrogens is 1. The van der Waals surface area contributed by atoms with Gasteiger partial charge in [0.05, 0.1) is 24.9 Å². The SMILES string of the molecule is CC1(C)CN(CCN2CCCCC2)C(c2ccc(F)cc2)C(=Cc2cccc(N3CCOCC3)n2)C1=O. The Balaban J connectivity index is 1.50. The molecule has 3 saturated heterocycles. The highest BCUT2D eigenvalue weighted by atomic mass is 19.1. The highest BCUT2D eigenvalue weighted by Gasteiger charge is 2.44. The number of nitrogens with zero attached hydrogens (tertiary/aromatic N) is 4. The van der Waals surface area contributed by atoms with Crippen molar-refractivity contribution in [1.29, 1.82) is 0 Å². The average Bonchev–Trinajstić information content (AvgIpc) is 2.92. The van der Waals surface area contributed by atoms with Crippen LogP contribution in [0.5, 0.6) is 0 Å². The van der Waals surface area contributed by atoms with E-state index < -0.39 is 5.41 Å². The summed E-state index contributed by atoms with van der Waals surface area (Å²) in [5.41, 5.74) is 1.92. The molecule has 0 aliphatic carbocycles. The quantitative estimate of drug-likeness (QED) is 0.535. The summed E-state index contributed by atoms with van der Waals surface area (Å²) in [6.07, 6.45) is 5.78. The minimum atomic E-state index is -0.522. The fraction of sp³-hybridized carbons (Fsp3) is 0.533. The van der Waals surface area contributed by atoms with Crippen LogP contribution in [0.15, 0.2) is 48.0 Å². The number of pyridine rings is 1. The van der Waals surface area contributed by atoms with Gasteiger partial charge in [0, 0.05) is 43.7 Å². The van der Waals surface area contributed by atoms with Gasteiger partial charge in [-0.1, -0.05) is 38.5 Å². The highest BCUT2D eigenvalue weighted by Crippen LogP contribution is 2.41. The van der Waals surface area contributed by atoms with E-state index >= 15 is 0 Å². The first-order valence-electron chi connectivity index (χ1n) is 13.7. The van der Waals surface area contributed by atoms with Gasteiger partial charge in [0.15, 0.2) is 5.78 Å². The largest absolute Gasteiger partial charge is 0.378 e. The number of hydrogen-bond acceptors (Lipinski definition) is 6. The number of likely N-dealkylation sites (tertiary alicyclic amines) is 2. The lowest BCUT2D eigenvalue weighted by Gasteiger charge is -2.45. The number of anilines is 1. The van der Waals surface area contributed by atoms with Crippen molar-refractivity contribution < 1.29 is 13.9 Å². The summed E-state index contributed by atoms with van der Waals surface area (Å²) < 4.78 is 19.4. The Morgan fingerprint density at radius 1 is 1.00 bits per heavy atom.